The number of alkyl halides is 6. The number of primary amides is 1. The van der Waals surface area contributed by atoms with Crippen molar-refractivity contribution < 1.29 is 35.9 Å². The molecule has 1 aliphatic heterocycles. The molecule has 0 saturated carbocycles. The second kappa shape index (κ2) is 8.15. The van der Waals surface area contributed by atoms with Gasteiger partial charge in [-0.2, -0.15) is 26.3 Å². The fraction of sp³-hybridized carbons (Fsp3) is 0.174. The highest BCUT2D eigenvalue weighted by Gasteiger charge is 2.42. The molecule has 1 aromatic heterocycles. The number of pyridine rings is 1. The summed E-state index contributed by atoms with van der Waals surface area (Å²) in [6, 6.07) is 7.94. The Bertz CT molecular complexity index is 1270. The van der Waals surface area contributed by atoms with E-state index in [4.69, 9.17) is 5.73 Å². The number of nitrogens with zero attached hydrogens (tertiary/aromatic N) is 2. The summed E-state index contributed by atoms with van der Waals surface area (Å²) < 4.78 is 80.7. The summed E-state index contributed by atoms with van der Waals surface area (Å²) in [5, 5.41) is 0. The molecule has 2 N–H and O–H groups in total. The molecular formula is C23H15F6N3O2. The summed E-state index contributed by atoms with van der Waals surface area (Å²) in [7, 11) is 0. The van der Waals surface area contributed by atoms with Crippen LogP contribution < -0.4 is 10.6 Å². The summed E-state index contributed by atoms with van der Waals surface area (Å²) in [5.41, 5.74) is 3.26. The maximum atomic E-state index is 13.8. The highest BCUT2D eigenvalue weighted by Crippen LogP contribution is 2.43. The average Bonchev–Trinajstić information content (AvgIpc) is 3.08. The van der Waals surface area contributed by atoms with Crippen LogP contribution in [0.5, 0.6) is 0 Å². The molecule has 0 fully saturated rings. The van der Waals surface area contributed by atoms with Crippen LogP contribution in [0.4, 0.5) is 32.0 Å². The molecule has 11 heteroatoms. The molecule has 0 bridgehead atoms. The first kappa shape index (κ1) is 23.3. The van der Waals surface area contributed by atoms with Crippen LogP contribution in [0, 0.1) is 0 Å². The fourth-order valence-corrected chi connectivity index (χ4v) is 3.94. The molecule has 1 atom stereocenters. The van der Waals surface area contributed by atoms with E-state index in [1.165, 1.54) is 18.2 Å². The number of fused-ring (bicyclic) bond motifs is 1. The third-order valence-electron chi connectivity index (χ3n) is 5.45. The van der Waals surface area contributed by atoms with Crippen molar-refractivity contribution >= 4 is 17.5 Å². The number of benzene rings is 2. The van der Waals surface area contributed by atoms with Crippen molar-refractivity contribution in [3.63, 3.8) is 0 Å². The molecule has 0 radical (unpaired) electrons. The van der Waals surface area contributed by atoms with E-state index in [9.17, 15) is 35.9 Å². The van der Waals surface area contributed by atoms with E-state index in [2.05, 4.69) is 4.98 Å². The van der Waals surface area contributed by atoms with Crippen LogP contribution in [0.2, 0.25) is 0 Å². The Kier molecular flexibility index (Phi) is 5.58. The van der Waals surface area contributed by atoms with Gasteiger partial charge in [-0.25, -0.2) is 0 Å². The number of hydrogen-bond donors (Lipinski definition) is 1. The first-order valence-corrected chi connectivity index (χ1v) is 9.82. The summed E-state index contributed by atoms with van der Waals surface area (Å²) in [6.07, 6.45) is -8.62. The number of aromatic nitrogens is 1. The smallest absolute Gasteiger partial charge is 0.366 e. The van der Waals surface area contributed by atoms with Crippen molar-refractivity contribution in [3.8, 4) is 0 Å². The number of hydrogen-bond acceptors (Lipinski definition) is 3. The van der Waals surface area contributed by atoms with Gasteiger partial charge >= 0.3 is 12.4 Å². The highest BCUT2D eigenvalue weighted by molar-refractivity contribution is 6.04. The molecule has 0 spiro atoms. The second-order valence-corrected chi connectivity index (χ2v) is 7.60. The molecule has 176 valence electrons. The lowest BCUT2D eigenvalue weighted by molar-refractivity contribution is -0.139. The molecule has 4 rings (SSSR count). The maximum absolute atomic E-state index is 13.8. The van der Waals surface area contributed by atoms with Gasteiger partial charge in [0.05, 0.1) is 23.2 Å². The van der Waals surface area contributed by atoms with Gasteiger partial charge in [0.2, 0.25) is 11.8 Å². The van der Waals surface area contributed by atoms with Gasteiger partial charge < -0.3 is 5.73 Å². The normalized spacial score (nSPS) is 14.8. The monoisotopic (exact) mass is 479 g/mol. The summed E-state index contributed by atoms with van der Waals surface area (Å²) in [6.45, 7) is 0. The molecule has 5 nitrogen and oxygen atoms in total. The number of rotatable bonds is 4. The third kappa shape index (κ3) is 4.20. The van der Waals surface area contributed by atoms with Crippen molar-refractivity contribution in [3.05, 3.63) is 94.3 Å². The van der Waals surface area contributed by atoms with E-state index in [1.54, 1.807) is 0 Å². The van der Waals surface area contributed by atoms with E-state index >= 15 is 0 Å². The van der Waals surface area contributed by atoms with E-state index in [1.807, 2.05) is 0 Å². The number of carbonyl (C=O) groups is 2. The van der Waals surface area contributed by atoms with E-state index in [-0.39, 0.29) is 23.2 Å². The molecule has 0 saturated heterocycles. The van der Waals surface area contributed by atoms with Crippen molar-refractivity contribution in [1.29, 1.82) is 0 Å². The molecule has 2 aromatic carbocycles. The Balaban J connectivity index is 1.93. The molecular weight excluding hydrogens is 464 g/mol. The largest absolute Gasteiger partial charge is 0.418 e. The van der Waals surface area contributed by atoms with Crippen LogP contribution in [0.1, 0.15) is 44.3 Å². The minimum absolute atomic E-state index is 0.00243. The Morgan fingerprint density at radius 1 is 0.971 bits per heavy atom. The van der Waals surface area contributed by atoms with Crippen LogP contribution in [0.3, 0.4) is 0 Å². The molecule has 3 aromatic rings. The predicted molar refractivity (Wildman–Crippen MR) is 109 cm³/mol. The van der Waals surface area contributed by atoms with Gasteiger partial charge in [0.25, 0.3) is 0 Å². The Morgan fingerprint density at radius 3 is 2.24 bits per heavy atom. The first-order chi connectivity index (χ1) is 15.9. The lowest BCUT2D eigenvalue weighted by Gasteiger charge is -2.30. The lowest BCUT2D eigenvalue weighted by Crippen LogP contribution is -2.34. The second-order valence-electron chi connectivity index (χ2n) is 7.60. The van der Waals surface area contributed by atoms with E-state index in [0.29, 0.717) is 5.56 Å². The highest BCUT2D eigenvalue weighted by atomic mass is 19.4. The lowest BCUT2D eigenvalue weighted by atomic mass is 9.96. The number of carbonyl (C=O) groups excluding carboxylic acids is 2. The standard InChI is InChI=1S/C23H15F6N3O2/c24-22(25,26)15-6-3-12(4-7-15)20(19-16(23(27,28)29)2-1-9-31-19)32-17-8-5-13(21(30)34)10-14(17)11-18(32)33/h1-10,20H,11H2,(H2,30,34)/t20-/m0/s1. The SMILES string of the molecule is NC(=O)c1ccc2c(c1)CC(=O)N2[C@@H](c1ccc(C(F)(F)F)cc1)c1ncccc1C(F)(F)F. The predicted octanol–water partition coefficient (Wildman–Crippen LogP) is 4.90. The summed E-state index contributed by atoms with van der Waals surface area (Å²) >= 11 is 0. The van der Waals surface area contributed by atoms with Gasteiger partial charge in [-0.15, -0.1) is 0 Å². The van der Waals surface area contributed by atoms with E-state index in [0.717, 1.165) is 47.5 Å². The van der Waals surface area contributed by atoms with Crippen molar-refractivity contribution in [2.75, 3.05) is 4.90 Å². The Hall–Kier alpha value is -3.89. The van der Waals surface area contributed by atoms with Crippen LogP contribution in [0.25, 0.3) is 0 Å². The number of halogens is 6. The van der Waals surface area contributed by atoms with E-state index < -0.39 is 47.0 Å². The van der Waals surface area contributed by atoms with Gasteiger partial charge in [0, 0.05) is 17.4 Å². The van der Waals surface area contributed by atoms with Crippen molar-refractivity contribution in [1.82, 2.24) is 4.98 Å². The van der Waals surface area contributed by atoms with Gasteiger partial charge in [-0.1, -0.05) is 12.1 Å². The summed E-state index contributed by atoms with van der Waals surface area (Å²) in [5.74, 6) is -1.36. The van der Waals surface area contributed by atoms with Crippen LogP contribution in [0.15, 0.2) is 60.8 Å². The minimum atomic E-state index is -4.84. The number of nitrogens with two attached hydrogens (primary N) is 1. The zero-order valence-corrected chi connectivity index (χ0v) is 17.1. The Morgan fingerprint density at radius 2 is 1.65 bits per heavy atom. The average molecular weight is 479 g/mol. The van der Waals surface area contributed by atoms with Crippen LogP contribution in [-0.2, 0) is 23.6 Å². The zero-order valence-electron chi connectivity index (χ0n) is 17.1. The molecule has 0 unspecified atom stereocenters. The molecule has 2 amide bonds. The molecule has 2 heterocycles. The van der Waals surface area contributed by atoms with Gasteiger partial charge in [-0.05, 0) is 53.6 Å². The maximum Gasteiger partial charge on any atom is 0.418 e. The van der Waals surface area contributed by atoms with Gasteiger partial charge in [0.1, 0.15) is 6.04 Å². The quantitative estimate of drug-likeness (QED) is 0.541. The summed E-state index contributed by atoms with van der Waals surface area (Å²) in [4.78, 5) is 29.5. The zero-order chi connectivity index (χ0) is 24.8. The molecule has 0 aliphatic carbocycles. The van der Waals surface area contributed by atoms with Gasteiger partial charge in [0.15, 0.2) is 0 Å². The molecule has 1 aliphatic rings. The Labute approximate surface area is 188 Å². The third-order valence-corrected chi connectivity index (χ3v) is 5.45. The number of anilines is 1. The topological polar surface area (TPSA) is 76.3 Å². The minimum Gasteiger partial charge on any atom is -0.366 e. The van der Waals surface area contributed by atoms with Crippen molar-refractivity contribution in [2.45, 2.75) is 24.8 Å². The van der Waals surface area contributed by atoms with Gasteiger partial charge in [-0.3, -0.25) is 19.5 Å². The molecule has 34 heavy (non-hydrogen) atoms. The number of amides is 2. The van der Waals surface area contributed by atoms with Crippen molar-refractivity contribution in [2.24, 2.45) is 5.73 Å². The van der Waals surface area contributed by atoms with Crippen LogP contribution >= 0.6 is 0 Å². The van der Waals surface area contributed by atoms with Crippen LogP contribution in [-0.4, -0.2) is 16.8 Å². The fourth-order valence-electron chi connectivity index (χ4n) is 3.94. The first-order valence-electron chi connectivity index (χ1n) is 9.82.